The van der Waals surface area contributed by atoms with Crippen LogP contribution in [-0.2, 0) is 13.0 Å². The van der Waals surface area contributed by atoms with Crippen molar-refractivity contribution in [3.8, 4) is 5.75 Å². The number of hydrogen-bond donors (Lipinski definition) is 2. The molecule has 0 unspecified atom stereocenters. The number of benzene rings is 2. The third-order valence-electron chi connectivity index (χ3n) is 4.29. The Morgan fingerprint density at radius 1 is 1.11 bits per heavy atom. The van der Waals surface area contributed by atoms with Gasteiger partial charge in [0.05, 0.1) is 7.11 Å². The molecular formula is C22H22FN3O2. The molecular weight excluding hydrogens is 357 g/mol. The number of nitrogens with zero attached hydrogens (tertiary/aromatic N) is 1. The lowest BCUT2D eigenvalue weighted by atomic mass is 10.1. The van der Waals surface area contributed by atoms with E-state index in [1.807, 2.05) is 24.3 Å². The zero-order valence-corrected chi connectivity index (χ0v) is 15.6. The minimum absolute atomic E-state index is 0.176. The fourth-order valence-corrected chi connectivity index (χ4v) is 2.78. The third-order valence-corrected chi connectivity index (χ3v) is 4.29. The van der Waals surface area contributed by atoms with E-state index < -0.39 is 0 Å². The fraction of sp³-hybridized carbons (Fsp3) is 0.182. The quantitative estimate of drug-likeness (QED) is 0.625. The van der Waals surface area contributed by atoms with Crippen molar-refractivity contribution in [2.24, 2.45) is 0 Å². The first-order valence-electron chi connectivity index (χ1n) is 9.00. The number of halogens is 1. The van der Waals surface area contributed by atoms with Gasteiger partial charge in [-0.2, -0.15) is 0 Å². The van der Waals surface area contributed by atoms with Crippen LogP contribution in [0.4, 0.5) is 10.2 Å². The second-order valence-corrected chi connectivity index (χ2v) is 6.23. The molecule has 2 N–H and O–H groups in total. The maximum atomic E-state index is 12.9. The first-order valence-corrected chi connectivity index (χ1v) is 9.00. The molecule has 0 atom stereocenters. The molecule has 0 aliphatic heterocycles. The fourth-order valence-electron chi connectivity index (χ4n) is 2.78. The van der Waals surface area contributed by atoms with Crippen LogP contribution in [0, 0.1) is 5.82 Å². The minimum Gasteiger partial charge on any atom is -0.496 e. The number of amides is 1. The highest BCUT2D eigenvalue weighted by Crippen LogP contribution is 2.18. The van der Waals surface area contributed by atoms with E-state index in [0.717, 1.165) is 16.9 Å². The Balaban J connectivity index is 1.54. The number of aromatic nitrogens is 1. The van der Waals surface area contributed by atoms with Gasteiger partial charge in [-0.3, -0.25) is 4.79 Å². The molecule has 0 aliphatic rings. The zero-order chi connectivity index (χ0) is 19.8. The second-order valence-electron chi connectivity index (χ2n) is 6.23. The molecule has 0 saturated carbocycles. The standard InChI is InChI=1S/C22H22FN3O2/c1-28-20-5-3-2-4-18(20)15-26-21-14-17(11-13-24-21)22(27)25-12-10-16-6-8-19(23)9-7-16/h2-9,11,13-14H,10,12,15H2,1H3,(H,24,26)(H,25,27). The van der Waals surface area contributed by atoms with Crippen LogP contribution in [-0.4, -0.2) is 24.5 Å². The van der Waals surface area contributed by atoms with E-state index in [-0.39, 0.29) is 11.7 Å². The molecule has 1 aromatic heterocycles. The van der Waals surface area contributed by atoms with Crippen LogP contribution < -0.4 is 15.4 Å². The third kappa shape index (κ3) is 5.30. The summed E-state index contributed by atoms with van der Waals surface area (Å²) in [6.07, 6.45) is 2.23. The summed E-state index contributed by atoms with van der Waals surface area (Å²) in [6, 6.07) is 17.4. The van der Waals surface area contributed by atoms with Crippen LogP contribution in [0.15, 0.2) is 66.9 Å². The van der Waals surface area contributed by atoms with Gasteiger partial charge in [-0.15, -0.1) is 0 Å². The van der Waals surface area contributed by atoms with E-state index in [9.17, 15) is 9.18 Å². The lowest BCUT2D eigenvalue weighted by molar-refractivity contribution is 0.0954. The summed E-state index contributed by atoms with van der Waals surface area (Å²) in [7, 11) is 1.63. The Labute approximate surface area is 163 Å². The zero-order valence-electron chi connectivity index (χ0n) is 15.6. The highest BCUT2D eigenvalue weighted by molar-refractivity contribution is 5.94. The molecule has 28 heavy (non-hydrogen) atoms. The van der Waals surface area contributed by atoms with Gasteiger partial charge >= 0.3 is 0 Å². The number of para-hydroxylation sites is 1. The van der Waals surface area contributed by atoms with Gasteiger partial charge < -0.3 is 15.4 Å². The number of methoxy groups -OCH3 is 1. The predicted octanol–water partition coefficient (Wildman–Crippen LogP) is 3.81. The number of nitrogens with one attached hydrogen (secondary N) is 2. The number of hydrogen-bond acceptors (Lipinski definition) is 4. The van der Waals surface area contributed by atoms with Gasteiger partial charge in [0, 0.05) is 30.4 Å². The van der Waals surface area contributed by atoms with Gasteiger partial charge in [-0.05, 0) is 42.3 Å². The average Bonchev–Trinajstić information content (AvgIpc) is 2.74. The highest BCUT2D eigenvalue weighted by Gasteiger charge is 2.08. The van der Waals surface area contributed by atoms with Gasteiger partial charge in [0.1, 0.15) is 17.4 Å². The number of ether oxygens (including phenoxy) is 1. The van der Waals surface area contributed by atoms with Gasteiger partial charge in [0.15, 0.2) is 0 Å². The summed E-state index contributed by atoms with van der Waals surface area (Å²) in [5.74, 6) is 0.962. The summed E-state index contributed by atoms with van der Waals surface area (Å²) in [5.41, 5.74) is 2.49. The topological polar surface area (TPSA) is 63.2 Å². The van der Waals surface area contributed by atoms with Gasteiger partial charge in [-0.1, -0.05) is 30.3 Å². The van der Waals surface area contributed by atoms with E-state index >= 15 is 0 Å². The van der Waals surface area contributed by atoms with E-state index in [0.29, 0.717) is 30.9 Å². The van der Waals surface area contributed by atoms with Crippen molar-refractivity contribution in [1.29, 1.82) is 0 Å². The summed E-state index contributed by atoms with van der Waals surface area (Å²) in [6.45, 7) is 1.00. The Kier molecular flexibility index (Phi) is 6.57. The van der Waals surface area contributed by atoms with Crippen molar-refractivity contribution >= 4 is 11.7 Å². The van der Waals surface area contributed by atoms with E-state index in [1.165, 1.54) is 12.1 Å². The van der Waals surface area contributed by atoms with Crippen molar-refractivity contribution < 1.29 is 13.9 Å². The SMILES string of the molecule is COc1ccccc1CNc1cc(C(=O)NCCc2ccc(F)cc2)ccn1. The second kappa shape index (κ2) is 9.50. The number of carbonyl (C=O) groups excluding carboxylic acids is 1. The molecule has 5 nitrogen and oxygen atoms in total. The molecule has 0 fully saturated rings. The van der Waals surface area contributed by atoms with Crippen LogP contribution in [0.3, 0.4) is 0 Å². The number of pyridine rings is 1. The summed E-state index contributed by atoms with van der Waals surface area (Å²) >= 11 is 0. The lowest BCUT2D eigenvalue weighted by Gasteiger charge is -2.11. The molecule has 0 radical (unpaired) electrons. The van der Waals surface area contributed by atoms with Crippen LogP contribution >= 0.6 is 0 Å². The number of anilines is 1. The molecule has 6 heteroatoms. The van der Waals surface area contributed by atoms with Crippen LogP contribution in [0.25, 0.3) is 0 Å². The van der Waals surface area contributed by atoms with Crippen molar-refractivity contribution in [3.63, 3.8) is 0 Å². The summed E-state index contributed by atoms with van der Waals surface area (Å²) in [4.78, 5) is 16.6. The largest absolute Gasteiger partial charge is 0.496 e. The maximum Gasteiger partial charge on any atom is 0.251 e. The molecule has 2 aromatic carbocycles. The Hall–Kier alpha value is -3.41. The minimum atomic E-state index is -0.266. The van der Waals surface area contributed by atoms with Gasteiger partial charge in [-0.25, -0.2) is 9.37 Å². The average molecular weight is 379 g/mol. The summed E-state index contributed by atoms with van der Waals surface area (Å²) in [5, 5.41) is 6.08. The van der Waals surface area contributed by atoms with Gasteiger partial charge in [0.2, 0.25) is 0 Å². The Morgan fingerprint density at radius 2 is 1.89 bits per heavy atom. The number of rotatable bonds is 8. The molecule has 0 bridgehead atoms. The van der Waals surface area contributed by atoms with Crippen molar-refractivity contribution in [3.05, 3.63) is 89.4 Å². The molecule has 3 aromatic rings. The van der Waals surface area contributed by atoms with E-state index in [2.05, 4.69) is 15.6 Å². The monoisotopic (exact) mass is 379 g/mol. The van der Waals surface area contributed by atoms with Crippen molar-refractivity contribution in [2.75, 3.05) is 19.0 Å². The molecule has 0 spiro atoms. The Morgan fingerprint density at radius 3 is 2.68 bits per heavy atom. The van der Waals surface area contributed by atoms with Crippen LogP contribution in [0.1, 0.15) is 21.5 Å². The Bertz CT molecular complexity index is 929. The van der Waals surface area contributed by atoms with Crippen LogP contribution in [0.2, 0.25) is 0 Å². The normalized spacial score (nSPS) is 10.4. The maximum absolute atomic E-state index is 12.9. The highest BCUT2D eigenvalue weighted by atomic mass is 19.1. The molecule has 144 valence electrons. The lowest BCUT2D eigenvalue weighted by Crippen LogP contribution is -2.25. The van der Waals surface area contributed by atoms with Crippen LogP contribution in [0.5, 0.6) is 5.75 Å². The van der Waals surface area contributed by atoms with E-state index in [4.69, 9.17) is 4.74 Å². The molecule has 3 rings (SSSR count). The number of carbonyl (C=O) groups is 1. The summed E-state index contributed by atoms with van der Waals surface area (Å²) < 4.78 is 18.3. The first-order chi connectivity index (χ1) is 13.7. The van der Waals surface area contributed by atoms with Crippen molar-refractivity contribution in [2.45, 2.75) is 13.0 Å². The van der Waals surface area contributed by atoms with Crippen molar-refractivity contribution in [1.82, 2.24) is 10.3 Å². The molecule has 1 amide bonds. The molecule has 0 saturated heterocycles. The molecule has 1 heterocycles. The first kappa shape index (κ1) is 19.4. The molecule has 0 aliphatic carbocycles. The van der Waals surface area contributed by atoms with Gasteiger partial charge in [0.25, 0.3) is 5.91 Å². The van der Waals surface area contributed by atoms with E-state index in [1.54, 1.807) is 37.6 Å². The smallest absolute Gasteiger partial charge is 0.251 e. The predicted molar refractivity (Wildman–Crippen MR) is 107 cm³/mol.